The number of benzene rings is 1. The van der Waals surface area contributed by atoms with Crippen molar-refractivity contribution in [1.82, 2.24) is 4.90 Å². The number of hydrogen-bond donors (Lipinski definition) is 1. The van der Waals surface area contributed by atoms with Gasteiger partial charge >= 0.3 is 0 Å². The zero-order valence-electron chi connectivity index (χ0n) is 12.1. The molecule has 0 radical (unpaired) electrons. The van der Waals surface area contributed by atoms with Crippen molar-refractivity contribution in [3.8, 4) is 5.75 Å². The van der Waals surface area contributed by atoms with Crippen molar-refractivity contribution in [2.75, 3.05) is 33.4 Å². The van der Waals surface area contributed by atoms with Gasteiger partial charge in [0.25, 0.3) is 0 Å². The van der Waals surface area contributed by atoms with Crippen molar-refractivity contribution >= 4 is 15.9 Å². The molecule has 0 amide bonds. The molecule has 5 heteroatoms. The Balaban J connectivity index is 2.01. The lowest BCUT2D eigenvalue weighted by atomic mass is 10.0. The second-order valence-corrected chi connectivity index (χ2v) is 5.98. The predicted octanol–water partition coefficient (Wildman–Crippen LogP) is 2.05. The molecule has 0 bridgehead atoms. The highest BCUT2D eigenvalue weighted by Crippen LogP contribution is 2.24. The van der Waals surface area contributed by atoms with Gasteiger partial charge in [0.15, 0.2) is 0 Å². The summed E-state index contributed by atoms with van der Waals surface area (Å²) < 4.78 is 12.2. The van der Waals surface area contributed by atoms with Gasteiger partial charge in [0, 0.05) is 23.6 Å². The molecule has 1 saturated heterocycles. The van der Waals surface area contributed by atoms with E-state index >= 15 is 0 Å². The molecule has 0 spiro atoms. The summed E-state index contributed by atoms with van der Waals surface area (Å²) in [5, 5.41) is 0. The number of halogens is 1. The fourth-order valence-electron chi connectivity index (χ4n) is 2.50. The zero-order valence-corrected chi connectivity index (χ0v) is 13.7. The van der Waals surface area contributed by atoms with Gasteiger partial charge in [0.2, 0.25) is 0 Å². The van der Waals surface area contributed by atoms with E-state index in [1.54, 1.807) is 7.11 Å². The summed E-state index contributed by atoms with van der Waals surface area (Å²) in [7, 11) is 1.68. The smallest absolute Gasteiger partial charge is 0.119 e. The van der Waals surface area contributed by atoms with E-state index in [4.69, 9.17) is 15.2 Å². The van der Waals surface area contributed by atoms with Crippen LogP contribution in [0.1, 0.15) is 12.5 Å². The van der Waals surface area contributed by atoms with Gasteiger partial charge < -0.3 is 15.2 Å². The highest BCUT2D eigenvalue weighted by Gasteiger charge is 2.25. The molecule has 1 heterocycles. The minimum absolute atomic E-state index is 0.00671. The van der Waals surface area contributed by atoms with Crippen molar-refractivity contribution in [3.05, 3.63) is 28.2 Å². The quantitative estimate of drug-likeness (QED) is 0.889. The summed E-state index contributed by atoms with van der Waals surface area (Å²) in [6, 6.07) is 5.97. The normalized spacial score (nSPS) is 21.7. The first-order chi connectivity index (χ1) is 9.63. The molecule has 2 atom stereocenters. The van der Waals surface area contributed by atoms with Crippen LogP contribution in [0, 0.1) is 0 Å². The van der Waals surface area contributed by atoms with E-state index in [-0.39, 0.29) is 12.1 Å². The first-order valence-electron chi connectivity index (χ1n) is 7.06. The Morgan fingerprint density at radius 2 is 2.35 bits per heavy atom. The summed E-state index contributed by atoms with van der Waals surface area (Å²) in [6.07, 6.45) is 0.877. The number of morpholine rings is 1. The highest BCUT2D eigenvalue weighted by atomic mass is 79.9. The monoisotopic (exact) mass is 342 g/mol. The Kier molecular flexibility index (Phi) is 5.84. The number of likely N-dealkylation sites (N-methyl/N-ethyl adjacent to an activating group) is 1. The fraction of sp³-hybridized carbons (Fsp3) is 0.600. The number of hydrogen-bond acceptors (Lipinski definition) is 4. The summed E-state index contributed by atoms with van der Waals surface area (Å²) in [5.41, 5.74) is 7.51. The minimum atomic E-state index is -0.00671. The Hall–Kier alpha value is -0.620. The van der Waals surface area contributed by atoms with Gasteiger partial charge in [0.1, 0.15) is 5.75 Å². The van der Waals surface area contributed by atoms with Crippen LogP contribution in [0.3, 0.4) is 0 Å². The van der Waals surface area contributed by atoms with Crippen LogP contribution < -0.4 is 10.5 Å². The van der Waals surface area contributed by atoms with Crippen molar-refractivity contribution in [2.24, 2.45) is 5.73 Å². The van der Waals surface area contributed by atoms with Gasteiger partial charge in [-0.2, -0.15) is 0 Å². The standard InChI is InChI=1S/C15H23BrN2O2/c1-3-18-6-7-20-15(10-18)14(17)9-11-8-12(19-2)4-5-13(11)16/h4-5,8,14-15H,3,6-7,9-10,17H2,1-2H3. The van der Waals surface area contributed by atoms with Crippen LogP contribution in [0.2, 0.25) is 0 Å². The molecule has 112 valence electrons. The first kappa shape index (κ1) is 15.8. The molecule has 1 aromatic rings. The number of nitrogens with zero attached hydrogens (tertiary/aromatic N) is 1. The molecule has 1 aliphatic heterocycles. The predicted molar refractivity (Wildman–Crippen MR) is 84.2 cm³/mol. The van der Waals surface area contributed by atoms with E-state index in [0.717, 1.165) is 48.4 Å². The Labute approximate surface area is 129 Å². The second-order valence-electron chi connectivity index (χ2n) is 5.13. The average molecular weight is 343 g/mol. The van der Waals surface area contributed by atoms with Crippen LogP contribution in [-0.2, 0) is 11.2 Å². The van der Waals surface area contributed by atoms with Crippen molar-refractivity contribution in [3.63, 3.8) is 0 Å². The van der Waals surface area contributed by atoms with E-state index in [1.807, 2.05) is 18.2 Å². The highest BCUT2D eigenvalue weighted by molar-refractivity contribution is 9.10. The molecule has 2 N–H and O–H groups in total. The van der Waals surface area contributed by atoms with Gasteiger partial charge in [-0.3, -0.25) is 4.90 Å². The lowest BCUT2D eigenvalue weighted by Crippen LogP contribution is -2.51. The molecule has 1 fully saturated rings. The molecular formula is C15H23BrN2O2. The second kappa shape index (κ2) is 7.41. The Morgan fingerprint density at radius 3 is 3.05 bits per heavy atom. The molecule has 2 rings (SSSR count). The summed E-state index contributed by atoms with van der Waals surface area (Å²) >= 11 is 3.58. The van der Waals surface area contributed by atoms with Crippen molar-refractivity contribution in [2.45, 2.75) is 25.5 Å². The number of rotatable bonds is 5. The molecule has 20 heavy (non-hydrogen) atoms. The summed E-state index contributed by atoms with van der Waals surface area (Å²) in [6.45, 7) is 5.91. The minimum Gasteiger partial charge on any atom is -0.497 e. The molecule has 2 unspecified atom stereocenters. The largest absolute Gasteiger partial charge is 0.497 e. The lowest BCUT2D eigenvalue weighted by molar-refractivity contribution is -0.0385. The SMILES string of the molecule is CCN1CCOC(C(N)Cc2cc(OC)ccc2Br)C1. The van der Waals surface area contributed by atoms with E-state index in [1.165, 1.54) is 0 Å². The van der Waals surface area contributed by atoms with E-state index < -0.39 is 0 Å². The molecule has 0 aliphatic carbocycles. The van der Waals surface area contributed by atoms with Gasteiger partial charge in [-0.25, -0.2) is 0 Å². The first-order valence-corrected chi connectivity index (χ1v) is 7.85. The Morgan fingerprint density at radius 1 is 1.55 bits per heavy atom. The average Bonchev–Trinajstić information content (AvgIpc) is 2.49. The van der Waals surface area contributed by atoms with Crippen LogP contribution in [0.25, 0.3) is 0 Å². The van der Waals surface area contributed by atoms with Gasteiger partial charge in [-0.1, -0.05) is 22.9 Å². The van der Waals surface area contributed by atoms with E-state index in [9.17, 15) is 0 Å². The molecule has 1 aliphatic rings. The molecule has 4 nitrogen and oxygen atoms in total. The van der Waals surface area contributed by atoms with Crippen LogP contribution in [-0.4, -0.2) is 50.4 Å². The number of nitrogens with two attached hydrogens (primary N) is 1. The van der Waals surface area contributed by atoms with E-state index in [0.29, 0.717) is 0 Å². The molecule has 1 aromatic carbocycles. The third-order valence-corrected chi connectivity index (χ3v) is 4.58. The maximum atomic E-state index is 6.34. The lowest BCUT2D eigenvalue weighted by Gasteiger charge is -2.35. The maximum absolute atomic E-state index is 6.34. The third-order valence-electron chi connectivity index (χ3n) is 3.81. The number of methoxy groups -OCH3 is 1. The topological polar surface area (TPSA) is 47.7 Å². The van der Waals surface area contributed by atoms with Crippen LogP contribution in [0.4, 0.5) is 0 Å². The molecular weight excluding hydrogens is 320 g/mol. The van der Waals surface area contributed by atoms with Gasteiger partial charge in [-0.05, 0) is 36.7 Å². The van der Waals surface area contributed by atoms with Crippen LogP contribution >= 0.6 is 15.9 Å². The van der Waals surface area contributed by atoms with Crippen LogP contribution in [0.15, 0.2) is 22.7 Å². The van der Waals surface area contributed by atoms with Gasteiger partial charge in [-0.15, -0.1) is 0 Å². The fourth-order valence-corrected chi connectivity index (χ4v) is 2.91. The summed E-state index contributed by atoms with van der Waals surface area (Å²) in [5.74, 6) is 0.857. The van der Waals surface area contributed by atoms with Crippen LogP contribution in [0.5, 0.6) is 5.75 Å². The zero-order chi connectivity index (χ0) is 14.5. The van der Waals surface area contributed by atoms with Crippen molar-refractivity contribution < 1.29 is 9.47 Å². The molecule has 0 saturated carbocycles. The van der Waals surface area contributed by atoms with Gasteiger partial charge in [0.05, 0.1) is 19.8 Å². The maximum Gasteiger partial charge on any atom is 0.119 e. The number of ether oxygens (including phenoxy) is 2. The summed E-state index contributed by atoms with van der Waals surface area (Å²) in [4.78, 5) is 2.38. The van der Waals surface area contributed by atoms with E-state index in [2.05, 4.69) is 27.8 Å². The third kappa shape index (κ3) is 3.95. The van der Waals surface area contributed by atoms with Crippen molar-refractivity contribution in [1.29, 1.82) is 0 Å². The Bertz CT molecular complexity index is 442. The molecule has 0 aromatic heterocycles.